The minimum atomic E-state index is -4.85. The van der Waals surface area contributed by atoms with Gasteiger partial charge in [-0.1, -0.05) is 70.7 Å². The molecule has 18 heteroatoms. The number of hydrazine groups is 2. The van der Waals surface area contributed by atoms with E-state index in [0.29, 0.717) is 28.0 Å². The van der Waals surface area contributed by atoms with Crippen LogP contribution >= 0.6 is 34.8 Å². The number of pyridine rings is 1. The van der Waals surface area contributed by atoms with Crippen LogP contribution in [-0.2, 0) is 30.8 Å². The molecule has 0 bridgehead atoms. The predicted molar refractivity (Wildman–Crippen MR) is 214 cm³/mol. The molecule has 60 heavy (non-hydrogen) atoms. The lowest BCUT2D eigenvalue weighted by Gasteiger charge is -2.50. The summed E-state index contributed by atoms with van der Waals surface area (Å²) < 4.78 is 52.5. The molecular formula is C42H35Cl3F3N5O7. The Morgan fingerprint density at radius 3 is 2.35 bits per heavy atom. The van der Waals surface area contributed by atoms with Crippen molar-refractivity contribution < 1.29 is 46.9 Å². The second-order valence-electron chi connectivity index (χ2n) is 14.9. The van der Waals surface area contributed by atoms with Gasteiger partial charge in [0.25, 0.3) is 23.6 Å². The molecule has 312 valence electrons. The van der Waals surface area contributed by atoms with Crippen molar-refractivity contribution in [2.24, 2.45) is 23.7 Å². The molecule has 2 aliphatic heterocycles. The average Bonchev–Trinajstić information content (AvgIpc) is 3.59. The Morgan fingerprint density at radius 2 is 1.68 bits per heavy atom. The molecule has 1 saturated carbocycles. The van der Waals surface area contributed by atoms with Gasteiger partial charge in [-0.05, 0) is 79.8 Å². The lowest BCUT2D eigenvalue weighted by atomic mass is 9.49. The molecule has 2 saturated heterocycles. The number of carbonyl (C=O) groups excluding carboxylic acids is 4. The fourth-order valence-corrected chi connectivity index (χ4v) is 10.1. The van der Waals surface area contributed by atoms with E-state index in [1.54, 1.807) is 55.5 Å². The van der Waals surface area contributed by atoms with Gasteiger partial charge in [0.05, 0.1) is 52.6 Å². The summed E-state index contributed by atoms with van der Waals surface area (Å²) in [4.78, 5) is 63.2. The molecule has 4 amide bonds. The third kappa shape index (κ3) is 6.31. The Hall–Kier alpha value is -5.51. The summed E-state index contributed by atoms with van der Waals surface area (Å²) in [6.45, 7) is 1.92. The van der Waals surface area contributed by atoms with Crippen LogP contribution in [0.3, 0.4) is 0 Å². The number of phenolic OH excluding ortho intramolecular Hbond substituents is 1. The molecule has 3 fully saturated rings. The number of nitrogens with zero attached hydrogens (tertiary/aromatic N) is 4. The van der Waals surface area contributed by atoms with Crippen LogP contribution in [0.1, 0.15) is 42.5 Å². The molecular weight excluding hydrogens is 850 g/mol. The molecule has 1 aromatic heterocycles. The van der Waals surface area contributed by atoms with Crippen molar-refractivity contribution in [3.8, 4) is 17.2 Å². The summed E-state index contributed by atoms with van der Waals surface area (Å²) >= 11 is 19.0. The first kappa shape index (κ1) is 41.2. The van der Waals surface area contributed by atoms with Gasteiger partial charge in [-0.3, -0.25) is 29.6 Å². The van der Waals surface area contributed by atoms with Crippen LogP contribution in [-0.4, -0.2) is 64.5 Å². The van der Waals surface area contributed by atoms with Crippen LogP contribution in [0.15, 0.2) is 84.4 Å². The fraction of sp³-hybridized carbons (Fsp3) is 0.310. The summed E-state index contributed by atoms with van der Waals surface area (Å²) in [5, 5.41) is 14.7. The number of phenols is 1. The van der Waals surface area contributed by atoms with E-state index in [4.69, 9.17) is 44.3 Å². The van der Waals surface area contributed by atoms with Crippen LogP contribution in [0, 0.1) is 23.7 Å². The van der Waals surface area contributed by atoms with Crippen LogP contribution in [0.5, 0.6) is 17.2 Å². The van der Waals surface area contributed by atoms with E-state index in [1.165, 1.54) is 32.4 Å². The molecule has 8 rings (SSSR count). The maximum Gasteiger partial charge on any atom is 0.433 e. The van der Waals surface area contributed by atoms with E-state index < -0.39 is 76.3 Å². The number of halogens is 6. The second kappa shape index (κ2) is 15.2. The number of allylic oxidation sites excluding steroid dienone is 2. The summed E-state index contributed by atoms with van der Waals surface area (Å²) in [5.41, 5.74) is 1.14. The highest BCUT2D eigenvalue weighted by Gasteiger charge is 2.71. The Morgan fingerprint density at radius 1 is 0.950 bits per heavy atom. The number of rotatable bonds is 9. The standard InChI is InChI=1S/C42H35Cl3F3N5O7/c1-4-60-31-7-5-6-25(35(31)54)34-23-13-14-24-33(39(57)53(37(24)55)51(2)36-28(44)15-17-32(49-36)42(46,47)48)26(23)19-27-38(56)52(50-30-16-10-21(43)18-29(30)45)40(58)41(27,34)20-8-11-22(59-3)12-9-20/h5-13,15-18,24,26-27,33-34,50,54H,4,14,19H2,1-3H3/t24-,26+,27-,33-,34+,41+/m0/s1. The molecule has 0 spiro atoms. The molecule has 0 radical (unpaired) electrons. The summed E-state index contributed by atoms with van der Waals surface area (Å²) in [6, 6.07) is 17.6. The van der Waals surface area contributed by atoms with Crippen molar-refractivity contribution >= 4 is 69.9 Å². The largest absolute Gasteiger partial charge is 0.504 e. The van der Waals surface area contributed by atoms with Crippen molar-refractivity contribution in [1.82, 2.24) is 15.0 Å². The number of benzene rings is 3. The lowest BCUT2D eigenvalue weighted by molar-refractivity contribution is -0.142. The van der Waals surface area contributed by atoms with E-state index in [0.717, 1.165) is 21.1 Å². The van der Waals surface area contributed by atoms with Gasteiger partial charge in [0.1, 0.15) is 11.4 Å². The first-order valence-corrected chi connectivity index (χ1v) is 19.9. The molecule has 4 aliphatic rings. The number of aromatic nitrogens is 1. The van der Waals surface area contributed by atoms with E-state index in [1.807, 2.05) is 0 Å². The van der Waals surface area contributed by atoms with Crippen LogP contribution in [0.2, 0.25) is 15.1 Å². The van der Waals surface area contributed by atoms with Gasteiger partial charge in [-0.15, -0.1) is 0 Å². The molecule has 3 heterocycles. The van der Waals surface area contributed by atoms with Gasteiger partial charge >= 0.3 is 6.18 Å². The van der Waals surface area contributed by atoms with Gasteiger partial charge in [-0.2, -0.15) is 23.2 Å². The number of hydrogen-bond donors (Lipinski definition) is 2. The zero-order valence-electron chi connectivity index (χ0n) is 32.0. The minimum absolute atomic E-state index is 0.0224. The number of fused-ring (bicyclic) bond motifs is 4. The van der Waals surface area contributed by atoms with Gasteiger partial charge in [0.2, 0.25) is 0 Å². The lowest BCUT2D eigenvalue weighted by Crippen LogP contribution is -2.53. The highest BCUT2D eigenvalue weighted by molar-refractivity contribution is 6.36. The van der Waals surface area contributed by atoms with Crippen LogP contribution in [0.25, 0.3) is 0 Å². The monoisotopic (exact) mass is 883 g/mol. The summed E-state index contributed by atoms with van der Waals surface area (Å²) in [6.07, 6.45) is -3.24. The molecule has 2 N–H and O–H groups in total. The smallest absolute Gasteiger partial charge is 0.433 e. The van der Waals surface area contributed by atoms with Crippen LogP contribution < -0.4 is 19.9 Å². The Labute approximate surface area is 356 Å². The zero-order chi connectivity index (χ0) is 43.0. The normalized spacial score (nSPS) is 24.8. The van der Waals surface area contributed by atoms with Gasteiger partial charge in [-0.25, -0.2) is 4.98 Å². The van der Waals surface area contributed by atoms with Crippen LogP contribution in [0.4, 0.5) is 24.7 Å². The second-order valence-corrected chi connectivity index (χ2v) is 16.1. The number of aromatic hydroxyl groups is 1. The number of carbonyl (C=O) groups is 4. The maximum absolute atomic E-state index is 15.5. The number of alkyl halides is 3. The first-order chi connectivity index (χ1) is 28.5. The van der Waals surface area contributed by atoms with E-state index >= 15 is 9.59 Å². The number of anilines is 2. The molecule has 3 aromatic carbocycles. The zero-order valence-corrected chi connectivity index (χ0v) is 34.2. The number of hydrogen-bond acceptors (Lipinski definition) is 10. The SMILES string of the molecule is CCOc1cccc([C@H]2C3=CC[C@@H]4C(=O)N(N(C)c5nc(C(F)(F)F)ccc5Cl)C(=O)[C@@H]4[C@@H]3C[C@H]3C(=O)N(Nc4ccc(Cl)cc4Cl)C(=O)[C@@]23c2ccc(OC)cc2)c1O. The third-order valence-corrected chi connectivity index (χ3v) is 12.8. The minimum Gasteiger partial charge on any atom is -0.504 e. The van der Waals surface area contributed by atoms with Crippen molar-refractivity contribution in [2.75, 3.05) is 31.2 Å². The molecule has 2 aliphatic carbocycles. The molecule has 12 nitrogen and oxygen atoms in total. The van der Waals surface area contributed by atoms with E-state index in [-0.39, 0.29) is 52.2 Å². The fourth-order valence-electron chi connectivity index (χ4n) is 9.42. The Balaban J connectivity index is 1.31. The van der Waals surface area contributed by atoms with Gasteiger partial charge < -0.3 is 14.6 Å². The van der Waals surface area contributed by atoms with Gasteiger partial charge in [0.15, 0.2) is 17.3 Å². The Bertz CT molecular complexity index is 2490. The van der Waals surface area contributed by atoms with Crippen molar-refractivity contribution in [3.63, 3.8) is 0 Å². The number of imide groups is 2. The van der Waals surface area contributed by atoms with Crippen molar-refractivity contribution in [2.45, 2.75) is 37.3 Å². The van der Waals surface area contributed by atoms with E-state index in [9.17, 15) is 27.9 Å². The third-order valence-electron chi connectivity index (χ3n) is 11.9. The summed E-state index contributed by atoms with van der Waals surface area (Å²) in [5.74, 6) is -8.47. The van der Waals surface area contributed by atoms with E-state index in [2.05, 4.69) is 10.4 Å². The molecule has 6 atom stereocenters. The number of ether oxygens (including phenoxy) is 2. The predicted octanol–water partition coefficient (Wildman–Crippen LogP) is 8.21. The number of methoxy groups -OCH3 is 1. The van der Waals surface area contributed by atoms with Gasteiger partial charge in [0, 0.05) is 23.6 Å². The quantitative estimate of drug-likeness (QED) is 0.125. The number of nitrogens with one attached hydrogen (secondary N) is 1. The maximum atomic E-state index is 15.5. The number of para-hydroxylation sites is 1. The summed E-state index contributed by atoms with van der Waals surface area (Å²) in [7, 11) is 2.70. The van der Waals surface area contributed by atoms with Crippen molar-refractivity contribution in [1.29, 1.82) is 0 Å². The highest BCUT2D eigenvalue weighted by Crippen LogP contribution is 2.65. The Kier molecular flexibility index (Phi) is 10.4. The molecule has 4 aromatic rings. The van der Waals surface area contributed by atoms with Crippen molar-refractivity contribution in [3.05, 3.63) is 116 Å². The molecule has 0 unspecified atom stereocenters. The number of amides is 4. The average molecular weight is 885 g/mol. The highest BCUT2D eigenvalue weighted by atomic mass is 35.5. The topological polar surface area (TPSA) is 142 Å². The first-order valence-electron chi connectivity index (χ1n) is 18.8.